The molecule has 2 atom stereocenters. The van der Waals surface area contributed by atoms with Gasteiger partial charge >= 0.3 is 0 Å². The van der Waals surface area contributed by atoms with Crippen LogP contribution in [0.15, 0.2) is 89.0 Å². The molecule has 5 aromatic rings. The minimum atomic E-state index is -0.892. The number of guanidine groups is 1. The molecule has 0 radical (unpaired) electrons. The van der Waals surface area contributed by atoms with Crippen LogP contribution in [0.4, 0.5) is 25.8 Å². The first-order chi connectivity index (χ1) is 27.3. The summed E-state index contributed by atoms with van der Waals surface area (Å²) >= 11 is 0. The lowest BCUT2D eigenvalue weighted by Gasteiger charge is -2.42. The van der Waals surface area contributed by atoms with Crippen LogP contribution in [-0.2, 0) is 0 Å². The summed E-state index contributed by atoms with van der Waals surface area (Å²) in [7, 11) is 3.07. The molecule has 1 unspecified atom stereocenters. The van der Waals surface area contributed by atoms with Crippen molar-refractivity contribution in [2.24, 2.45) is 9.98 Å². The zero-order valence-electron chi connectivity index (χ0n) is 31.3. The largest absolute Gasteiger partial charge is 0.496 e. The lowest BCUT2D eigenvalue weighted by Crippen LogP contribution is -2.49. The molecule has 0 bridgehead atoms. The number of imidazole rings is 1. The lowest BCUT2D eigenvalue weighted by molar-refractivity contribution is 0.0398. The van der Waals surface area contributed by atoms with E-state index < -0.39 is 29.3 Å². The number of amides is 1. The number of aliphatic hydroxyl groups excluding tert-OH is 1. The number of carbonyl (C=O) groups excluding carboxylic acids is 1. The Bertz CT molecular complexity index is 2280. The number of pyridine rings is 1. The van der Waals surface area contributed by atoms with Crippen molar-refractivity contribution in [3.8, 4) is 22.8 Å². The van der Waals surface area contributed by atoms with E-state index in [2.05, 4.69) is 31.5 Å². The molecular formula is C42H44F2N8O4. The quantitative estimate of drug-likeness (QED) is 0.147. The van der Waals surface area contributed by atoms with Crippen molar-refractivity contribution in [2.75, 3.05) is 55.9 Å². The molecule has 290 valence electrons. The second-order valence-electron chi connectivity index (χ2n) is 14.3. The molecule has 2 aromatic heterocycles. The van der Waals surface area contributed by atoms with Gasteiger partial charge in [0.2, 0.25) is 5.96 Å². The van der Waals surface area contributed by atoms with Crippen LogP contribution in [0, 0.1) is 11.6 Å². The fourth-order valence-corrected chi connectivity index (χ4v) is 7.99. The Hall–Kier alpha value is -5.86. The minimum absolute atomic E-state index is 0.0773. The van der Waals surface area contributed by atoms with E-state index in [0.717, 1.165) is 81.1 Å². The van der Waals surface area contributed by atoms with Gasteiger partial charge in [-0.15, -0.1) is 0 Å². The van der Waals surface area contributed by atoms with Crippen LogP contribution in [0.1, 0.15) is 54.2 Å². The van der Waals surface area contributed by atoms with Crippen molar-refractivity contribution in [1.82, 2.24) is 14.3 Å². The zero-order valence-corrected chi connectivity index (χ0v) is 31.3. The number of aliphatic imine (C=N–C) groups is 2. The molecule has 3 aliphatic heterocycles. The Kier molecular flexibility index (Phi) is 10.7. The fraction of sp³-hybridized carbons (Fsp3) is 0.333. The number of carbonyl (C=O) groups is 1. The van der Waals surface area contributed by atoms with Crippen LogP contribution in [0.25, 0.3) is 16.9 Å². The van der Waals surface area contributed by atoms with Gasteiger partial charge < -0.3 is 34.5 Å². The van der Waals surface area contributed by atoms with Crippen molar-refractivity contribution in [3.05, 3.63) is 102 Å². The van der Waals surface area contributed by atoms with Crippen LogP contribution >= 0.6 is 0 Å². The Morgan fingerprint density at radius 1 is 0.911 bits per heavy atom. The van der Waals surface area contributed by atoms with E-state index in [4.69, 9.17) is 19.5 Å². The number of benzene rings is 3. The molecule has 56 heavy (non-hydrogen) atoms. The van der Waals surface area contributed by atoms with Gasteiger partial charge in [-0.1, -0.05) is 12.1 Å². The monoisotopic (exact) mass is 762 g/mol. The predicted molar refractivity (Wildman–Crippen MR) is 213 cm³/mol. The molecule has 5 heterocycles. The van der Waals surface area contributed by atoms with Gasteiger partial charge in [0.1, 0.15) is 40.5 Å². The summed E-state index contributed by atoms with van der Waals surface area (Å²) in [6.07, 6.45) is 8.04. The highest BCUT2D eigenvalue weighted by atomic mass is 19.1. The van der Waals surface area contributed by atoms with Crippen molar-refractivity contribution >= 4 is 40.8 Å². The van der Waals surface area contributed by atoms with Crippen molar-refractivity contribution in [2.45, 2.75) is 50.3 Å². The number of para-hydroxylation sites is 1. The van der Waals surface area contributed by atoms with Crippen LogP contribution in [0.2, 0.25) is 0 Å². The Balaban J connectivity index is 1.04. The number of anilines is 3. The summed E-state index contributed by atoms with van der Waals surface area (Å²) in [4.78, 5) is 32.9. The number of methoxy groups -OCH3 is 2. The third kappa shape index (κ3) is 7.54. The molecule has 3 N–H and O–H groups in total. The van der Waals surface area contributed by atoms with Crippen molar-refractivity contribution in [1.29, 1.82) is 0 Å². The van der Waals surface area contributed by atoms with E-state index in [-0.39, 0.29) is 17.4 Å². The molecule has 2 saturated heterocycles. The zero-order chi connectivity index (χ0) is 38.8. The number of aromatic nitrogens is 2. The maximum absolute atomic E-state index is 14.5. The smallest absolute Gasteiger partial charge is 0.259 e. The number of rotatable bonds is 9. The average molecular weight is 763 g/mol. The topological polar surface area (TPSA) is 128 Å². The normalized spacial score (nSPS) is 19.2. The van der Waals surface area contributed by atoms with Gasteiger partial charge in [-0.2, -0.15) is 0 Å². The Morgan fingerprint density at radius 3 is 2.48 bits per heavy atom. The van der Waals surface area contributed by atoms with E-state index >= 15 is 0 Å². The van der Waals surface area contributed by atoms with Crippen molar-refractivity contribution < 1.29 is 28.2 Å². The van der Waals surface area contributed by atoms with Crippen LogP contribution in [-0.4, -0.2) is 90.0 Å². The summed E-state index contributed by atoms with van der Waals surface area (Å²) in [5.74, 6) is -1.23. The SMILES string of the molecule is COc1cc(N2CCC(N3CCC[C@H](O)C3)CC2)ccc1NC1=NC(c2c(-c3ccc(OC)c(C(=O)Nc4c(F)cccc4F)c3)nc3ccccn23)CC=N1. The number of nitrogens with one attached hydrogen (secondary N) is 2. The standard InChI is InChI=1S/C42H44F2N8O4/c1-55-35-14-11-26(23-30(35)41(54)49-39-31(43)8-5-9-32(39)44)38-40(52-20-4-3-10-37(52)48-38)34-15-18-45-42(47-34)46-33-13-12-28(24-36(33)56-2)50-21-16-27(17-22-50)51-19-6-7-29(53)25-51/h3-5,8-14,18,20,23-24,27,29,34,53H,6-7,15-17,19,21-22,25H2,1-2H3,(H,46,47)(H,49,54)/t29-,34?/m0/s1. The predicted octanol–water partition coefficient (Wildman–Crippen LogP) is 6.96. The van der Waals surface area contributed by atoms with E-state index in [1.165, 1.54) is 13.2 Å². The molecule has 12 nitrogen and oxygen atoms in total. The molecular weight excluding hydrogens is 719 g/mol. The molecule has 0 spiro atoms. The number of nitrogens with zero attached hydrogens (tertiary/aromatic N) is 6. The minimum Gasteiger partial charge on any atom is -0.496 e. The molecule has 0 aliphatic carbocycles. The summed E-state index contributed by atoms with van der Waals surface area (Å²) < 4.78 is 42.2. The summed E-state index contributed by atoms with van der Waals surface area (Å²) in [5.41, 5.74) is 3.95. The number of fused-ring (bicyclic) bond motifs is 1. The van der Waals surface area contributed by atoms with Gasteiger partial charge in [0.05, 0.1) is 43.0 Å². The average Bonchev–Trinajstić information content (AvgIpc) is 3.62. The van der Waals surface area contributed by atoms with Gasteiger partial charge in [0.25, 0.3) is 5.91 Å². The summed E-state index contributed by atoms with van der Waals surface area (Å²) in [6, 6.07) is 20.3. The number of halogens is 2. The Labute approximate surface area is 323 Å². The highest BCUT2D eigenvalue weighted by Crippen LogP contribution is 2.37. The fourth-order valence-electron chi connectivity index (χ4n) is 7.99. The molecule has 3 aromatic carbocycles. The van der Waals surface area contributed by atoms with Crippen LogP contribution in [0.3, 0.4) is 0 Å². The molecule has 14 heteroatoms. The van der Waals surface area contributed by atoms with Crippen LogP contribution < -0.4 is 25.0 Å². The molecule has 3 aliphatic rings. The highest BCUT2D eigenvalue weighted by molar-refractivity contribution is 6.07. The number of likely N-dealkylation sites (tertiary alicyclic amines) is 1. The first-order valence-electron chi connectivity index (χ1n) is 18.9. The third-order valence-corrected chi connectivity index (χ3v) is 10.8. The summed E-state index contributed by atoms with van der Waals surface area (Å²) in [5, 5.41) is 15.9. The Morgan fingerprint density at radius 2 is 1.71 bits per heavy atom. The van der Waals surface area contributed by atoms with Gasteiger partial charge in [-0.3, -0.25) is 9.69 Å². The lowest BCUT2D eigenvalue weighted by atomic mass is 9.98. The molecule has 2 fully saturated rings. The number of piperidine rings is 2. The van der Waals surface area contributed by atoms with Gasteiger partial charge in [0.15, 0.2) is 0 Å². The number of β-amino-alcohol motifs (C(OH)–C–C–N with tert-alkyl or cyclic N) is 1. The molecule has 1 amide bonds. The van der Waals surface area contributed by atoms with E-state index in [1.54, 1.807) is 25.3 Å². The molecule has 0 saturated carbocycles. The number of hydrogen-bond acceptors (Lipinski definition) is 10. The van der Waals surface area contributed by atoms with Crippen LogP contribution in [0.5, 0.6) is 11.5 Å². The van der Waals surface area contributed by atoms with Gasteiger partial charge in [-0.05, 0) is 86.8 Å². The number of ether oxygens (including phenoxy) is 2. The molecule has 8 rings (SSSR count). The van der Waals surface area contributed by atoms with Crippen molar-refractivity contribution in [3.63, 3.8) is 0 Å². The van der Waals surface area contributed by atoms with E-state index in [0.29, 0.717) is 41.1 Å². The van der Waals surface area contributed by atoms with E-state index in [1.807, 2.05) is 47.1 Å². The number of aliphatic hydroxyl groups is 1. The third-order valence-electron chi connectivity index (χ3n) is 10.8. The maximum atomic E-state index is 14.5. The maximum Gasteiger partial charge on any atom is 0.259 e. The first-order valence-corrected chi connectivity index (χ1v) is 18.9. The highest BCUT2D eigenvalue weighted by Gasteiger charge is 2.29. The second-order valence-corrected chi connectivity index (χ2v) is 14.3. The van der Waals surface area contributed by atoms with E-state index in [9.17, 15) is 18.7 Å². The number of hydrogen-bond donors (Lipinski definition) is 3. The van der Waals surface area contributed by atoms with Gasteiger partial charge in [0, 0.05) is 61.8 Å². The van der Waals surface area contributed by atoms with Gasteiger partial charge in [-0.25, -0.2) is 23.7 Å². The first kappa shape index (κ1) is 37.1. The summed E-state index contributed by atoms with van der Waals surface area (Å²) in [6.45, 7) is 3.69. The second kappa shape index (κ2) is 16.1.